The second-order valence-corrected chi connectivity index (χ2v) is 7.51. The van der Waals surface area contributed by atoms with Gasteiger partial charge in [0.05, 0.1) is 5.75 Å². The molecule has 1 aromatic rings. The number of rotatable bonds is 8. The first-order chi connectivity index (χ1) is 8.53. The highest BCUT2D eigenvalue weighted by Crippen LogP contribution is 2.07. The van der Waals surface area contributed by atoms with Gasteiger partial charge in [0.25, 0.3) is 0 Å². The number of sulfonamides is 1. The van der Waals surface area contributed by atoms with Crippen molar-refractivity contribution < 1.29 is 8.42 Å². The Balaban J connectivity index is 2.36. The van der Waals surface area contributed by atoms with Crippen LogP contribution in [0.1, 0.15) is 25.3 Å². The van der Waals surface area contributed by atoms with Gasteiger partial charge in [0.15, 0.2) is 0 Å². The minimum absolute atomic E-state index is 0.142. The molecule has 1 atom stereocenters. The summed E-state index contributed by atoms with van der Waals surface area (Å²) in [7, 11) is -3.17. The third-order valence-electron chi connectivity index (χ3n) is 2.63. The molecule has 1 rings (SSSR count). The van der Waals surface area contributed by atoms with Crippen LogP contribution in [-0.4, -0.2) is 25.5 Å². The minimum atomic E-state index is -3.17. The van der Waals surface area contributed by atoms with Crippen molar-refractivity contribution in [3.05, 3.63) is 35.9 Å². The van der Waals surface area contributed by atoms with Crippen molar-refractivity contribution in [2.75, 3.05) is 12.3 Å². The Kier molecular flexibility index (Phi) is 6.89. The largest absolute Gasteiger partial charge is 0.214 e. The third kappa shape index (κ3) is 6.52. The van der Waals surface area contributed by atoms with E-state index in [0.717, 1.165) is 18.4 Å². The van der Waals surface area contributed by atoms with Gasteiger partial charge in [0.2, 0.25) is 10.0 Å². The molecule has 5 heteroatoms. The normalized spacial score (nSPS) is 13.4. The van der Waals surface area contributed by atoms with Gasteiger partial charge < -0.3 is 0 Å². The molecule has 1 N–H and O–H groups in total. The first-order valence-corrected chi connectivity index (χ1v) is 8.75. The molecule has 18 heavy (non-hydrogen) atoms. The van der Waals surface area contributed by atoms with E-state index < -0.39 is 10.0 Å². The van der Waals surface area contributed by atoms with Gasteiger partial charge in [0.1, 0.15) is 0 Å². The van der Waals surface area contributed by atoms with Crippen LogP contribution in [-0.2, 0) is 16.4 Å². The van der Waals surface area contributed by atoms with Gasteiger partial charge in [-0.2, -0.15) is 0 Å². The van der Waals surface area contributed by atoms with Crippen molar-refractivity contribution in [3.8, 4) is 0 Å². The number of halogens is 1. The van der Waals surface area contributed by atoms with Gasteiger partial charge in [-0.05, 0) is 18.4 Å². The third-order valence-corrected chi connectivity index (χ3v) is 4.76. The Morgan fingerprint density at radius 3 is 2.56 bits per heavy atom. The Morgan fingerprint density at radius 2 is 1.94 bits per heavy atom. The summed E-state index contributed by atoms with van der Waals surface area (Å²) in [4.78, 5) is 0.217. The maximum atomic E-state index is 11.8. The Hall–Kier alpha value is -0.390. The van der Waals surface area contributed by atoms with Crippen molar-refractivity contribution in [1.82, 2.24) is 4.72 Å². The summed E-state index contributed by atoms with van der Waals surface area (Å²) in [5.41, 5.74) is 1.05. The molecule has 1 unspecified atom stereocenters. The van der Waals surface area contributed by atoms with Crippen LogP contribution in [0.2, 0.25) is 0 Å². The van der Waals surface area contributed by atoms with Gasteiger partial charge >= 0.3 is 0 Å². The van der Waals surface area contributed by atoms with E-state index >= 15 is 0 Å². The molecule has 0 aromatic heterocycles. The summed E-state index contributed by atoms with van der Waals surface area (Å²) >= 11 is 3.46. The standard InChI is InChI=1S/C13H20BrNO2S/c1-2-6-13(14)11-15-18(16,17)10-9-12-7-4-3-5-8-12/h3-5,7-8,13,15H,2,6,9-11H2,1H3. The number of aryl methyl sites for hydroxylation is 1. The summed E-state index contributed by atoms with van der Waals surface area (Å²) in [5.74, 6) is 0.142. The molecule has 0 fully saturated rings. The molecule has 0 saturated heterocycles. The van der Waals surface area contributed by atoms with Crippen LogP contribution in [0.4, 0.5) is 0 Å². The van der Waals surface area contributed by atoms with Gasteiger partial charge in [-0.1, -0.05) is 59.6 Å². The van der Waals surface area contributed by atoms with Crippen molar-refractivity contribution in [1.29, 1.82) is 0 Å². The molecular weight excluding hydrogens is 314 g/mol. The number of hydrogen-bond acceptors (Lipinski definition) is 2. The molecule has 0 amide bonds. The van der Waals surface area contributed by atoms with Gasteiger partial charge in [0, 0.05) is 11.4 Å². The van der Waals surface area contributed by atoms with Crippen LogP contribution in [0.3, 0.4) is 0 Å². The average Bonchev–Trinajstić information content (AvgIpc) is 2.36. The molecule has 0 radical (unpaired) electrons. The maximum absolute atomic E-state index is 11.8. The molecular formula is C13H20BrNO2S. The molecule has 1 aromatic carbocycles. The Bertz CT molecular complexity index is 434. The molecule has 0 spiro atoms. The SMILES string of the molecule is CCCC(Br)CNS(=O)(=O)CCc1ccccc1. The fraction of sp³-hybridized carbons (Fsp3) is 0.538. The zero-order valence-corrected chi connectivity index (χ0v) is 13.0. The van der Waals surface area contributed by atoms with Crippen molar-refractivity contribution in [3.63, 3.8) is 0 Å². The van der Waals surface area contributed by atoms with E-state index in [0.29, 0.717) is 13.0 Å². The predicted octanol–water partition coefficient (Wildman–Crippen LogP) is 2.71. The Labute approximate surface area is 118 Å². The lowest BCUT2D eigenvalue weighted by Gasteiger charge is -2.10. The highest BCUT2D eigenvalue weighted by atomic mass is 79.9. The van der Waals surface area contributed by atoms with Gasteiger partial charge in [-0.3, -0.25) is 0 Å². The fourth-order valence-corrected chi connectivity index (χ4v) is 3.54. The Morgan fingerprint density at radius 1 is 1.28 bits per heavy atom. The monoisotopic (exact) mass is 333 g/mol. The van der Waals surface area contributed by atoms with Gasteiger partial charge in [-0.15, -0.1) is 0 Å². The average molecular weight is 334 g/mol. The van der Waals surface area contributed by atoms with Gasteiger partial charge in [-0.25, -0.2) is 13.1 Å². The number of hydrogen-bond donors (Lipinski definition) is 1. The predicted molar refractivity (Wildman–Crippen MR) is 79.6 cm³/mol. The molecule has 0 heterocycles. The maximum Gasteiger partial charge on any atom is 0.211 e. The van der Waals surface area contributed by atoms with E-state index in [-0.39, 0.29) is 10.6 Å². The summed E-state index contributed by atoms with van der Waals surface area (Å²) in [6.07, 6.45) is 2.57. The van der Waals surface area contributed by atoms with Crippen LogP contribution < -0.4 is 4.72 Å². The summed E-state index contributed by atoms with van der Waals surface area (Å²) < 4.78 is 26.2. The molecule has 102 valence electrons. The van der Waals surface area contributed by atoms with Crippen molar-refractivity contribution in [2.45, 2.75) is 31.0 Å². The lowest BCUT2D eigenvalue weighted by molar-refractivity contribution is 0.577. The molecule has 0 aliphatic carbocycles. The highest BCUT2D eigenvalue weighted by molar-refractivity contribution is 9.09. The number of nitrogens with one attached hydrogen (secondary N) is 1. The fourth-order valence-electron chi connectivity index (χ4n) is 1.60. The topological polar surface area (TPSA) is 46.2 Å². The first kappa shape index (κ1) is 15.7. The molecule has 0 saturated carbocycles. The van der Waals surface area contributed by atoms with Crippen LogP contribution in [0.25, 0.3) is 0 Å². The van der Waals surface area contributed by atoms with Crippen molar-refractivity contribution >= 4 is 26.0 Å². The van der Waals surface area contributed by atoms with Crippen LogP contribution >= 0.6 is 15.9 Å². The second-order valence-electron chi connectivity index (χ2n) is 4.29. The first-order valence-electron chi connectivity index (χ1n) is 6.19. The quantitative estimate of drug-likeness (QED) is 0.743. The van der Waals surface area contributed by atoms with Crippen LogP contribution in [0.5, 0.6) is 0 Å². The van der Waals surface area contributed by atoms with E-state index in [1.165, 1.54) is 0 Å². The summed E-state index contributed by atoms with van der Waals surface area (Å²) in [6, 6.07) is 9.66. The van der Waals surface area contributed by atoms with E-state index in [2.05, 4.69) is 27.6 Å². The summed E-state index contributed by atoms with van der Waals surface area (Å²) in [6.45, 7) is 2.54. The van der Waals surface area contributed by atoms with Crippen molar-refractivity contribution in [2.24, 2.45) is 0 Å². The van der Waals surface area contributed by atoms with E-state index in [9.17, 15) is 8.42 Å². The van der Waals surface area contributed by atoms with E-state index in [1.54, 1.807) is 0 Å². The lowest BCUT2D eigenvalue weighted by Crippen LogP contribution is -2.32. The number of alkyl halides is 1. The molecule has 3 nitrogen and oxygen atoms in total. The zero-order valence-electron chi connectivity index (χ0n) is 10.6. The smallest absolute Gasteiger partial charge is 0.211 e. The van der Waals surface area contributed by atoms with Crippen LogP contribution in [0.15, 0.2) is 30.3 Å². The van der Waals surface area contributed by atoms with Crippen LogP contribution in [0, 0.1) is 0 Å². The van der Waals surface area contributed by atoms with E-state index in [4.69, 9.17) is 0 Å². The zero-order chi connectivity index (χ0) is 13.4. The molecule has 0 aliphatic heterocycles. The number of benzene rings is 1. The summed E-state index contributed by atoms with van der Waals surface area (Å²) in [5, 5.41) is 0. The highest BCUT2D eigenvalue weighted by Gasteiger charge is 2.12. The molecule has 0 aliphatic rings. The van der Waals surface area contributed by atoms with E-state index in [1.807, 2.05) is 30.3 Å². The molecule has 0 bridgehead atoms. The lowest BCUT2D eigenvalue weighted by atomic mass is 10.2. The second kappa shape index (κ2) is 7.92. The minimum Gasteiger partial charge on any atom is -0.214 e.